The van der Waals surface area contributed by atoms with Gasteiger partial charge in [-0.05, 0) is 27.7 Å². The van der Waals surface area contributed by atoms with Gasteiger partial charge in [0.1, 0.15) is 16.5 Å². The first kappa shape index (κ1) is 13.4. The molecular formula is C12H16N2O2S2. The van der Waals surface area contributed by atoms with Gasteiger partial charge in [-0.25, -0.2) is 9.97 Å². The van der Waals surface area contributed by atoms with Crippen LogP contribution in [0.3, 0.4) is 0 Å². The fraction of sp³-hybridized carbons (Fsp3) is 0.500. The summed E-state index contributed by atoms with van der Waals surface area (Å²) in [6.45, 7) is 7.75. The molecule has 0 bridgehead atoms. The summed E-state index contributed by atoms with van der Waals surface area (Å²) in [5, 5.41) is 0.920. The number of aromatic nitrogens is 2. The lowest BCUT2D eigenvalue weighted by Gasteiger charge is -1.95. The highest BCUT2D eigenvalue weighted by molar-refractivity contribution is 7.83. The summed E-state index contributed by atoms with van der Waals surface area (Å²) in [5.41, 5.74) is 1.89. The highest BCUT2D eigenvalue weighted by Gasteiger charge is 2.12. The van der Waals surface area contributed by atoms with Crippen LogP contribution in [0.15, 0.2) is 4.42 Å². The van der Waals surface area contributed by atoms with Crippen molar-refractivity contribution < 1.29 is 8.63 Å². The zero-order valence-corrected chi connectivity index (χ0v) is 12.6. The summed E-state index contributed by atoms with van der Waals surface area (Å²) in [6, 6.07) is 0. The van der Waals surface area contributed by atoms with Crippen molar-refractivity contribution >= 4 is 22.1 Å². The predicted octanol–water partition coefficient (Wildman–Crippen LogP) is 2.81. The molecule has 0 amide bonds. The summed E-state index contributed by atoms with van der Waals surface area (Å²) in [6.07, 6.45) is 0. The quantitative estimate of drug-likeness (QED) is 0.866. The fourth-order valence-corrected chi connectivity index (χ4v) is 3.73. The molecule has 0 N–H and O–H groups in total. The molecule has 0 aliphatic carbocycles. The van der Waals surface area contributed by atoms with Crippen LogP contribution in [0.1, 0.15) is 32.9 Å². The number of nitrogens with zero attached hydrogens (tertiary/aromatic N) is 2. The average molecular weight is 284 g/mol. The molecule has 18 heavy (non-hydrogen) atoms. The van der Waals surface area contributed by atoms with Gasteiger partial charge in [0, 0.05) is 15.7 Å². The zero-order valence-electron chi connectivity index (χ0n) is 10.9. The van der Waals surface area contributed by atoms with E-state index in [9.17, 15) is 4.21 Å². The molecule has 1 atom stereocenters. The molecule has 98 valence electrons. The Labute approximate surface area is 113 Å². The maximum absolute atomic E-state index is 12.0. The van der Waals surface area contributed by atoms with Crippen LogP contribution in [0.4, 0.5) is 0 Å². The number of rotatable bonds is 4. The number of hydrogen-bond donors (Lipinski definition) is 0. The van der Waals surface area contributed by atoms with Gasteiger partial charge in [-0.15, -0.1) is 11.3 Å². The van der Waals surface area contributed by atoms with Gasteiger partial charge in [0.2, 0.25) is 5.89 Å². The molecule has 0 spiro atoms. The molecule has 0 fully saturated rings. The molecule has 0 unspecified atom stereocenters. The summed E-state index contributed by atoms with van der Waals surface area (Å²) >= 11 is 1.61. The molecule has 0 saturated carbocycles. The van der Waals surface area contributed by atoms with Crippen molar-refractivity contribution in [2.24, 2.45) is 0 Å². The van der Waals surface area contributed by atoms with Gasteiger partial charge in [-0.3, -0.25) is 4.21 Å². The van der Waals surface area contributed by atoms with Gasteiger partial charge in [-0.2, -0.15) is 0 Å². The van der Waals surface area contributed by atoms with E-state index in [1.165, 1.54) is 4.88 Å². The zero-order chi connectivity index (χ0) is 13.3. The molecule has 2 rings (SSSR count). The molecule has 0 aromatic carbocycles. The standard InChI is InChI=1S/C12H16N2O2S2/c1-7-9(3)16-11(13-7)5-18(15)6-12-14-8(2)10(4)17-12/h5-6H2,1-4H3/t18-/m1/s1. The Balaban J connectivity index is 2.00. The van der Waals surface area contributed by atoms with Gasteiger partial charge in [0.05, 0.1) is 17.1 Å². The second-order valence-corrected chi connectivity index (χ2v) is 6.97. The third-order valence-electron chi connectivity index (χ3n) is 2.71. The van der Waals surface area contributed by atoms with Crippen molar-refractivity contribution in [3.05, 3.63) is 32.9 Å². The van der Waals surface area contributed by atoms with E-state index in [1.807, 2.05) is 27.7 Å². The van der Waals surface area contributed by atoms with E-state index in [0.29, 0.717) is 17.4 Å². The molecule has 0 radical (unpaired) electrons. The third kappa shape index (κ3) is 3.05. The number of aryl methyl sites for hydroxylation is 4. The normalized spacial score (nSPS) is 12.9. The Hall–Kier alpha value is -1.01. The Morgan fingerprint density at radius 1 is 1.11 bits per heavy atom. The highest BCUT2D eigenvalue weighted by Crippen LogP contribution is 2.19. The van der Waals surface area contributed by atoms with E-state index in [1.54, 1.807) is 11.3 Å². The number of hydrogen-bond acceptors (Lipinski definition) is 5. The lowest BCUT2D eigenvalue weighted by molar-refractivity contribution is 0.487. The molecule has 4 nitrogen and oxygen atoms in total. The molecule has 0 saturated heterocycles. The molecule has 2 aromatic heterocycles. The Morgan fingerprint density at radius 2 is 1.83 bits per heavy atom. The van der Waals surface area contributed by atoms with E-state index in [2.05, 4.69) is 9.97 Å². The van der Waals surface area contributed by atoms with E-state index in [0.717, 1.165) is 22.2 Å². The van der Waals surface area contributed by atoms with Crippen LogP contribution in [0.2, 0.25) is 0 Å². The summed E-state index contributed by atoms with van der Waals surface area (Å²) in [4.78, 5) is 9.81. The van der Waals surface area contributed by atoms with Gasteiger partial charge >= 0.3 is 0 Å². The van der Waals surface area contributed by atoms with Crippen molar-refractivity contribution in [3.8, 4) is 0 Å². The first-order chi connectivity index (χ1) is 8.45. The van der Waals surface area contributed by atoms with E-state index in [-0.39, 0.29) is 0 Å². The van der Waals surface area contributed by atoms with Gasteiger partial charge < -0.3 is 4.42 Å². The molecule has 0 aliphatic rings. The Kier molecular flexibility index (Phi) is 3.97. The van der Waals surface area contributed by atoms with Crippen molar-refractivity contribution in [1.82, 2.24) is 9.97 Å². The number of oxazole rings is 1. The van der Waals surface area contributed by atoms with E-state index >= 15 is 0 Å². The van der Waals surface area contributed by atoms with Crippen molar-refractivity contribution in [1.29, 1.82) is 0 Å². The van der Waals surface area contributed by atoms with Crippen LogP contribution < -0.4 is 0 Å². The average Bonchev–Trinajstić information content (AvgIpc) is 2.72. The monoisotopic (exact) mass is 284 g/mol. The van der Waals surface area contributed by atoms with Crippen LogP contribution in [0.25, 0.3) is 0 Å². The minimum atomic E-state index is -1.02. The summed E-state index contributed by atoms with van der Waals surface area (Å²) in [5.74, 6) is 2.17. The topological polar surface area (TPSA) is 56.0 Å². The first-order valence-electron chi connectivity index (χ1n) is 5.66. The van der Waals surface area contributed by atoms with Crippen LogP contribution >= 0.6 is 11.3 Å². The minimum Gasteiger partial charge on any atom is -0.445 e. The van der Waals surface area contributed by atoms with Crippen molar-refractivity contribution in [3.63, 3.8) is 0 Å². The van der Waals surface area contributed by atoms with Crippen LogP contribution in [-0.2, 0) is 22.3 Å². The van der Waals surface area contributed by atoms with Crippen LogP contribution in [0.5, 0.6) is 0 Å². The Bertz CT molecular complexity index is 498. The summed E-state index contributed by atoms with van der Waals surface area (Å²) < 4.78 is 17.4. The molecule has 2 heterocycles. The minimum absolute atomic E-state index is 0.354. The van der Waals surface area contributed by atoms with Crippen LogP contribution in [0, 0.1) is 27.7 Å². The van der Waals surface area contributed by atoms with E-state index < -0.39 is 10.8 Å². The fourth-order valence-electron chi connectivity index (χ4n) is 1.53. The van der Waals surface area contributed by atoms with Gasteiger partial charge in [0.15, 0.2) is 0 Å². The second kappa shape index (κ2) is 5.32. The molecule has 2 aromatic rings. The largest absolute Gasteiger partial charge is 0.445 e. The third-order valence-corrected chi connectivity index (χ3v) is 5.13. The summed E-state index contributed by atoms with van der Waals surface area (Å²) in [7, 11) is -1.02. The van der Waals surface area contributed by atoms with Gasteiger partial charge in [0.25, 0.3) is 0 Å². The number of thiazole rings is 1. The van der Waals surface area contributed by atoms with E-state index in [4.69, 9.17) is 4.42 Å². The highest BCUT2D eigenvalue weighted by atomic mass is 32.2. The predicted molar refractivity (Wildman–Crippen MR) is 73.1 cm³/mol. The van der Waals surface area contributed by atoms with Crippen molar-refractivity contribution in [2.45, 2.75) is 39.2 Å². The van der Waals surface area contributed by atoms with Gasteiger partial charge in [-0.1, -0.05) is 0 Å². The maximum Gasteiger partial charge on any atom is 0.207 e. The second-order valence-electron chi connectivity index (χ2n) is 4.23. The lowest BCUT2D eigenvalue weighted by Crippen LogP contribution is -1.99. The lowest BCUT2D eigenvalue weighted by atomic mass is 10.4. The molecular weight excluding hydrogens is 268 g/mol. The SMILES string of the molecule is Cc1nc(C[S@@](=O)Cc2nc(C)c(C)s2)oc1C. The van der Waals surface area contributed by atoms with Crippen LogP contribution in [-0.4, -0.2) is 14.2 Å². The first-order valence-corrected chi connectivity index (χ1v) is 7.97. The maximum atomic E-state index is 12.0. The molecule has 0 aliphatic heterocycles. The van der Waals surface area contributed by atoms with Crippen molar-refractivity contribution in [2.75, 3.05) is 0 Å². The Morgan fingerprint density at radius 3 is 2.33 bits per heavy atom. The molecule has 6 heteroatoms. The smallest absolute Gasteiger partial charge is 0.207 e.